The molecule has 1 amide bonds. The van der Waals surface area contributed by atoms with Crippen LogP contribution >= 0.6 is 0 Å². The minimum absolute atomic E-state index is 0.0778. The Hall–Kier alpha value is -1.42. The molecule has 0 radical (unpaired) electrons. The normalized spacial score (nSPS) is 14.3. The van der Waals surface area contributed by atoms with E-state index < -0.39 is 0 Å². The highest BCUT2D eigenvalue weighted by molar-refractivity contribution is 5.79. The summed E-state index contributed by atoms with van der Waals surface area (Å²) in [7, 11) is 0. The third-order valence-electron chi connectivity index (χ3n) is 3.45. The van der Waals surface area contributed by atoms with Gasteiger partial charge in [-0.15, -0.1) is 0 Å². The van der Waals surface area contributed by atoms with Gasteiger partial charge in [0.2, 0.25) is 5.91 Å². The zero-order valence-electron chi connectivity index (χ0n) is 12.0. The third-order valence-corrected chi connectivity index (χ3v) is 3.45. The van der Waals surface area contributed by atoms with Crippen LogP contribution in [0.2, 0.25) is 0 Å². The van der Waals surface area contributed by atoms with Crippen LogP contribution in [-0.4, -0.2) is 12.5 Å². The fourth-order valence-corrected chi connectivity index (χ4v) is 1.96. The molecule has 106 valence electrons. The predicted molar refractivity (Wildman–Crippen MR) is 75.1 cm³/mol. The number of rotatable bonds is 5. The summed E-state index contributed by atoms with van der Waals surface area (Å²) < 4.78 is 13.5. The van der Waals surface area contributed by atoms with E-state index in [0.717, 1.165) is 5.56 Å². The summed E-state index contributed by atoms with van der Waals surface area (Å²) in [5.41, 5.74) is 6.97. The lowest BCUT2D eigenvalue weighted by Crippen LogP contribution is -2.39. The molecule has 0 aromatic heterocycles. The van der Waals surface area contributed by atoms with Gasteiger partial charge >= 0.3 is 0 Å². The summed E-state index contributed by atoms with van der Waals surface area (Å²) in [6.07, 6.45) is 0. The smallest absolute Gasteiger partial charge is 0.225 e. The van der Waals surface area contributed by atoms with E-state index in [4.69, 9.17) is 5.73 Å². The highest BCUT2D eigenvalue weighted by Crippen LogP contribution is 2.18. The number of hydrogen-bond donors (Lipinski definition) is 2. The lowest BCUT2D eigenvalue weighted by atomic mass is 9.94. The number of amides is 1. The van der Waals surface area contributed by atoms with E-state index in [0.29, 0.717) is 12.1 Å². The molecule has 0 spiro atoms. The van der Waals surface area contributed by atoms with Gasteiger partial charge in [-0.2, -0.15) is 0 Å². The molecule has 1 aromatic carbocycles. The van der Waals surface area contributed by atoms with E-state index in [-0.39, 0.29) is 29.6 Å². The van der Waals surface area contributed by atoms with Crippen LogP contribution in [0, 0.1) is 24.6 Å². The molecule has 0 saturated carbocycles. The fourth-order valence-electron chi connectivity index (χ4n) is 1.96. The number of benzene rings is 1. The van der Waals surface area contributed by atoms with Crippen molar-refractivity contribution in [2.24, 2.45) is 17.6 Å². The highest BCUT2D eigenvalue weighted by Gasteiger charge is 2.22. The number of aryl methyl sites for hydroxylation is 1. The van der Waals surface area contributed by atoms with E-state index >= 15 is 0 Å². The van der Waals surface area contributed by atoms with Crippen LogP contribution in [0.25, 0.3) is 0 Å². The summed E-state index contributed by atoms with van der Waals surface area (Å²) in [6.45, 7) is 7.81. The van der Waals surface area contributed by atoms with Crippen LogP contribution in [-0.2, 0) is 4.79 Å². The number of nitrogens with one attached hydrogen (secondary N) is 1. The number of carbonyl (C=O) groups excluding carboxylic acids is 1. The SMILES string of the molecule is Cc1ccc(C(C)NC(=O)C(CN)C(C)C)cc1F. The highest BCUT2D eigenvalue weighted by atomic mass is 19.1. The van der Waals surface area contributed by atoms with Crippen LogP contribution in [0.15, 0.2) is 18.2 Å². The van der Waals surface area contributed by atoms with Crippen LogP contribution in [0.3, 0.4) is 0 Å². The standard InChI is InChI=1S/C15H23FN2O/c1-9(2)13(8-17)15(19)18-11(4)12-6-5-10(3)14(16)7-12/h5-7,9,11,13H,8,17H2,1-4H3,(H,18,19). The number of carbonyl (C=O) groups is 1. The van der Waals surface area contributed by atoms with Gasteiger partial charge < -0.3 is 11.1 Å². The first kappa shape index (κ1) is 15.6. The Labute approximate surface area is 114 Å². The fraction of sp³-hybridized carbons (Fsp3) is 0.533. The Morgan fingerprint density at radius 1 is 1.37 bits per heavy atom. The topological polar surface area (TPSA) is 55.1 Å². The molecule has 1 aromatic rings. The average Bonchev–Trinajstić information content (AvgIpc) is 2.32. The van der Waals surface area contributed by atoms with Gasteiger partial charge in [0.15, 0.2) is 0 Å². The molecule has 3 nitrogen and oxygen atoms in total. The van der Waals surface area contributed by atoms with Gasteiger partial charge in [-0.25, -0.2) is 4.39 Å². The van der Waals surface area contributed by atoms with Crippen molar-refractivity contribution >= 4 is 5.91 Å². The van der Waals surface area contributed by atoms with Gasteiger partial charge in [0.05, 0.1) is 12.0 Å². The maximum atomic E-state index is 13.5. The van der Waals surface area contributed by atoms with Gasteiger partial charge in [-0.05, 0) is 37.0 Å². The van der Waals surface area contributed by atoms with Crippen molar-refractivity contribution in [3.63, 3.8) is 0 Å². The second kappa shape index (κ2) is 6.66. The van der Waals surface area contributed by atoms with Gasteiger partial charge in [0.25, 0.3) is 0 Å². The molecule has 3 N–H and O–H groups in total. The van der Waals surface area contributed by atoms with Crippen LogP contribution in [0.4, 0.5) is 4.39 Å². The Morgan fingerprint density at radius 3 is 2.47 bits per heavy atom. The van der Waals surface area contributed by atoms with Crippen molar-refractivity contribution in [3.8, 4) is 0 Å². The van der Waals surface area contributed by atoms with E-state index in [1.807, 2.05) is 26.8 Å². The minimum atomic E-state index is -0.252. The van der Waals surface area contributed by atoms with Gasteiger partial charge in [0.1, 0.15) is 5.82 Å². The molecule has 4 heteroatoms. The second-order valence-corrected chi connectivity index (χ2v) is 5.33. The molecule has 0 aliphatic rings. The first-order valence-electron chi connectivity index (χ1n) is 6.63. The zero-order chi connectivity index (χ0) is 14.6. The van der Waals surface area contributed by atoms with Crippen molar-refractivity contribution in [1.82, 2.24) is 5.32 Å². The maximum absolute atomic E-state index is 13.5. The van der Waals surface area contributed by atoms with Crippen molar-refractivity contribution < 1.29 is 9.18 Å². The monoisotopic (exact) mass is 266 g/mol. The molecule has 0 heterocycles. The molecule has 2 atom stereocenters. The zero-order valence-corrected chi connectivity index (χ0v) is 12.0. The van der Waals surface area contributed by atoms with E-state index in [2.05, 4.69) is 5.32 Å². The Kier molecular flexibility index (Phi) is 5.48. The summed E-state index contributed by atoms with van der Waals surface area (Å²) in [6, 6.07) is 4.79. The molecule has 1 rings (SSSR count). The van der Waals surface area contributed by atoms with Crippen molar-refractivity contribution in [2.45, 2.75) is 33.7 Å². The first-order chi connectivity index (χ1) is 8.86. The largest absolute Gasteiger partial charge is 0.349 e. The first-order valence-corrected chi connectivity index (χ1v) is 6.63. The van der Waals surface area contributed by atoms with Gasteiger partial charge in [-0.3, -0.25) is 4.79 Å². The Balaban J connectivity index is 2.76. The Bertz CT molecular complexity index is 446. The third kappa shape index (κ3) is 4.03. The van der Waals surface area contributed by atoms with Crippen LogP contribution < -0.4 is 11.1 Å². The molecule has 0 saturated heterocycles. The Morgan fingerprint density at radius 2 is 2.00 bits per heavy atom. The summed E-state index contributed by atoms with van der Waals surface area (Å²) >= 11 is 0. The van der Waals surface area contributed by atoms with E-state index in [9.17, 15) is 9.18 Å². The molecule has 0 fully saturated rings. The lowest BCUT2D eigenvalue weighted by molar-refractivity contribution is -0.126. The van der Waals surface area contributed by atoms with Crippen molar-refractivity contribution in [3.05, 3.63) is 35.1 Å². The van der Waals surface area contributed by atoms with Crippen molar-refractivity contribution in [1.29, 1.82) is 0 Å². The molecule has 0 aliphatic heterocycles. The van der Waals surface area contributed by atoms with E-state index in [1.165, 1.54) is 6.07 Å². The summed E-state index contributed by atoms with van der Waals surface area (Å²) in [5.74, 6) is -0.353. The molecule has 0 aliphatic carbocycles. The molecule has 0 bridgehead atoms. The van der Waals surface area contributed by atoms with Crippen LogP contribution in [0.5, 0.6) is 0 Å². The molecule has 2 unspecified atom stereocenters. The molecular formula is C15H23FN2O. The maximum Gasteiger partial charge on any atom is 0.225 e. The van der Waals surface area contributed by atoms with Gasteiger partial charge in [0, 0.05) is 6.54 Å². The number of halogens is 1. The van der Waals surface area contributed by atoms with E-state index in [1.54, 1.807) is 13.0 Å². The molecule has 19 heavy (non-hydrogen) atoms. The van der Waals surface area contributed by atoms with Crippen molar-refractivity contribution in [2.75, 3.05) is 6.54 Å². The number of hydrogen-bond acceptors (Lipinski definition) is 2. The molecular weight excluding hydrogens is 243 g/mol. The summed E-state index contributed by atoms with van der Waals surface area (Å²) in [4.78, 5) is 12.1. The lowest BCUT2D eigenvalue weighted by Gasteiger charge is -2.22. The second-order valence-electron chi connectivity index (χ2n) is 5.33. The number of nitrogens with two attached hydrogens (primary N) is 1. The average molecular weight is 266 g/mol. The predicted octanol–water partition coefficient (Wildman–Crippen LogP) is 2.54. The summed E-state index contributed by atoms with van der Waals surface area (Å²) in [5, 5.41) is 2.89. The van der Waals surface area contributed by atoms with Crippen LogP contribution in [0.1, 0.15) is 37.9 Å². The van der Waals surface area contributed by atoms with Gasteiger partial charge in [-0.1, -0.05) is 26.0 Å². The minimum Gasteiger partial charge on any atom is -0.349 e. The quantitative estimate of drug-likeness (QED) is 0.860.